The Bertz CT molecular complexity index is 884. The van der Waals surface area contributed by atoms with Crippen LogP contribution >= 0.6 is 0 Å². The summed E-state index contributed by atoms with van der Waals surface area (Å²) in [5, 5.41) is 2.05. The molecule has 0 N–H and O–H groups in total. The first kappa shape index (κ1) is 13.9. The monoisotopic (exact) mass is 286 g/mol. The third kappa shape index (κ3) is 2.57. The summed E-state index contributed by atoms with van der Waals surface area (Å²) in [4.78, 5) is 10.6. The molecular formula is C20H14O2. The van der Waals surface area contributed by atoms with E-state index < -0.39 is 0 Å². The van der Waals surface area contributed by atoms with E-state index in [4.69, 9.17) is 4.74 Å². The molecule has 0 unspecified atom stereocenters. The van der Waals surface area contributed by atoms with Crippen LogP contribution in [0.15, 0.2) is 60.7 Å². The Balaban J connectivity index is 2.27. The maximum Gasteiger partial charge on any atom is 0.193 e. The number of rotatable bonds is 2. The summed E-state index contributed by atoms with van der Waals surface area (Å²) in [7, 11) is 1.61. The van der Waals surface area contributed by atoms with Crippen molar-refractivity contribution in [1.82, 2.24) is 0 Å². The van der Waals surface area contributed by atoms with Crippen molar-refractivity contribution in [3.63, 3.8) is 0 Å². The number of hydrogen-bond acceptors (Lipinski definition) is 2. The molecule has 0 bridgehead atoms. The Kier molecular flexibility index (Phi) is 3.89. The average molecular weight is 286 g/mol. The van der Waals surface area contributed by atoms with Crippen molar-refractivity contribution in [2.75, 3.05) is 7.11 Å². The van der Waals surface area contributed by atoms with Crippen LogP contribution in [0, 0.1) is 11.8 Å². The van der Waals surface area contributed by atoms with Gasteiger partial charge in [-0.05, 0) is 34.6 Å². The molecule has 3 rings (SSSR count). The van der Waals surface area contributed by atoms with Gasteiger partial charge in [0, 0.05) is 5.39 Å². The van der Waals surface area contributed by atoms with Gasteiger partial charge in [-0.15, -0.1) is 0 Å². The lowest BCUT2D eigenvalue weighted by Gasteiger charge is -2.09. The van der Waals surface area contributed by atoms with Crippen LogP contribution in [0.1, 0.15) is 5.56 Å². The summed E-state index contributed by atoms with van der Waals surface area (Å²) in [6.45, 7) is 0. The highest BCUT2D eigenvalue weighted by Gasteiger charge is 2.08. The first-order valence-electron chi connectivity index (χ1n) is 6.95. The minimum atomic E-state index is 0.597. The van der Waals surface area contributed by atoms with Crippen molar-refractivity contribution < 1.29 is 9.53 Å². The molecule has 0 aromatic heterocycles. The number of carbonyl (C=O) groups excluding carboxylic acids is 1. The van der Waals surface area contributed by atoms with Crippen LogP contribution in [0.3, 0.4) is 0 Å². The fraction of sp³-hybridized carbons (Fsp3) is 0.0500. The van der Waals surface area contributed by atoms with E-state index in [1.54, 1.807) is 7.11 Å². The number of ether oxygens (including phenoxy) is 1. The van der Waals surface area contributed by atoms with E-state index in [-0.39, 0.29) is 0 Å². The predicted octanol–water partition coefficient (Wildman–Crippen LogP) is 4.07. The van der Waals surface area contributed by atoms with Crippen LogP contribution in [-0.4, -0.2) is 13.4 Å². The van der Waals surface area contributed by atoms with E-state index in [9.17, 15) is 4.79 Å². The molecule has 0 amide bonds. The van der Waals surface area contributed by atoms with Gasteiger partial charge in [-0.3, -0.25) is 4.79 Å². The number of carbonyl (C=O) groups is 1. The summed E-state index contributed by atoms with van der Waals surface area (Å²) in [5.74, 6) is 6.05. The Morgan fingerprint density at radius 2 is 1.73 bits per heavy atom. The summed E-state index contributed by atoms with van der Waals surface area (Å²) in [5.41, 5.74) is 2.99. The molecule has 2 nitrogen and oxygen atoms in total. The molecule has 0 saturated carbocycles. The minimum absolute atomic E-state index is 0.597. The molecule has 2 heteroatoms. The lowest BCUT2D eigenvalue weighted by molar-refractivity contribution is -0.103. The van der Waals surface area contributed by atoms with Gasteiger partial charge in [0.25, 0.3) is 0 Å². The molecule has 3 aromatic carbocycles. The SMILES string of the molecule is COc1ccc2ccc(-c3ccccc3)cc2c1C#CC=O. The second-order valence-corrected chi connectivity index (χ2v) is 4.83. The van der Waals surface area contributed by atoms with Gasteiger partial charge in [-0.1, -0.05) is 54.5 Å². The second-order valence-electron chi connectivity index (χ2n) is 4.83. The zero-order chi connectivity index (χ0) is 15.4. The van der Waals surface area contributed by atoms with Crippen LogP contribution in [-0.2, 0) is 4.79 Å². The van der Waals surface area contributed by atoms with Gasteiger partial charge in [0.05, 0.1) is 12.7 Å². The number of fused-ring (bicyclic) bond motifs is 1. The molecule has 0 aliphatic carbocycles. The Morgan fingerprint density at radius 3 is 2.45 bits per heavy atom. The normalized spacial score (nSPS) is 9.86. The highest BCUT2D eigenvalue weighted by atomic mass is 16.5. The predicted molar refractivity (Wildman–Crippen MR) is 88.9 cm³/mol. The Hall–Kier alpha value is -3.05. The van der Waals surface area contributed by atoms with E-state index >= 15 is 0 Å². The number of hydrogen-bond donors (Lipinski definition) is 0. The van der Waals surface area contributed by atoms with Gasteiger partial charge >= 0.3 is 0 Å². The maximum absolute atomic E-state index is 10.6. The van der Waals surface area contributed by atoms with Crippen molar-refractivity contribution in [3.05, 3.63) is 66.2 Å². The molecule has 0 atom stereocenters. The summed E-state index contributed by atoms with van der Waals surface area (Å²) in [6, 6.07) is 20.3. The van der Waals surface area contributed by atoms with Crippen LogP contribution in [0.25, 0.3) is 21.9 Å². The third-order valence-electron chi connectivity index (χ3n) is 3.57. The largest absolute Gasteiger partial charge is 0.495 e. The molecule has 0 aliphatic rings. The van der Waals surface area contributed by atoms with Crippen molar-refractivity contribution in [2.45, 2.75) is 0 Å². The average Bonchev–Trinajstić information content (AvgIpc) is 2.59. The van der Waals surface area contributed by atoms with Gasteiger partial charge in [0.15, 0.2) is 6.29 Å². The topological polar surface area (TPSA) is 26.3 Å². The lowest BCUT2D eigenvalue weighted by atomic mass is 9.98. The minimum Gasteiger partial charge on any atom is -0.495 e. The molecule has 0 radical (unpaired) electrons. The maximum atomic E-state index is 10.6. The summed E-state index contributed by atoms with van der Waals surface area (Å²) < 4.78 is 5.38. The first-order valence-corrected chi connectivity index (χ1v) is 6.95. The standard InChI is InChI=1S/C20H14O2/c1-22-20-12-11-16-9-10-17(15-6-3-2-4-7-15)14-19(16)18(20)8-5-13-21/h2-4,6-7,9-14H,1H3. The zero-order valence-corrected chi connectivity index (χ0v) is 12.2. The first-order chi connectivity index (χ1) is 10.8. The zero-order valence-electron chi connectivity index (χ0n) is 12.2. The fourth-order valence-electron chi connectivity index (χ4n) is 2.51. The van der Waals surface area contributed by atoms with Crippen LogP contribution in [0.2, 0.25) is 0 Å². The number of benzene rings is 3. The molecule has 3 aromatic rings. The van der Waals surface area contributed by atoms with E-state index in [0.29, 0.717) is 12.0 Å². The molecular weight excluding hydrogens is 272 g/mol. The van der Waals surface area contributed by atoms with Gasteiger partial charge in [-0.2, -0.15) is 0 Å². The highest BCUT2D eigenvalue weighted by Crippen LogP contribution is 2.31. The van der Waals surface area contributed by atoms with Gasteiger partial charge in [-0.25, -0.2) is 0 Å². The summed E-state index contributed by atoms with van der Waals surface area (Å²) >= 11 is 0. The van der Waals surface area contributed by atoms with Crippen molar-refractivity contribution in [1.29, 1.82) is 0 Å². The highest BCUT2D eigenvalue weighted by molar-refractivity contribution is 5.94. The Morgan fingerprint density at radius 1 is 0.955 bits per heavy atom. The number of aldehydes is 1. The molecule has 0 fully saturated rings. The summed E-state index contributed by atoms with van der Waals surface area (Å²) in [6.07, 6.45) is 0.597. The smallest absolute Gasteiger partial charge is 0.193 e. The van der Waals surface area contributed by atoms with Crippen molar-refractivity contribution >= 4 is 17.1 Å². The van der Waals surface area contributed by atoms with Crippen LogP contribution in [0.4, 0.5) is 0 Å². The molecule has 106 valence electrons. The van der Waals surface area contributed by atoms with Gasteiger partial charge < -0.3 is 4.74 Å². The van der Waals surface area contributed by atoms with Crippen molar-refractivity contribution in [3.8, 4) is 28.7 Å². The lowest BCUT2D eigenvalue weighted by Crippen LogP contribution is -1.90. The molecule has 0 spiro atoms. The fourth-order valence-corrected chi connectivity index (χ4v) is 2.51. The van der Waals surface area contributed by atoms with Crippen LogP contribution < -0.4 is 4.74 Å². The van der Waals surface area contributed by atoms with E-state index in [1.165, 1.54) is 0 Å². The number of methoxy groups -OCH3 is 1. The second kappa shape index (κ2) is 6.15. The quantitative estimate of drug-likeness (QED) is 0.524. The Labute approximate surface area is 129 Å². The van der Waals surface area contributed by atoms with E-state index in [1.807, 2.05) is 30.3 Å². The van der Waals surface area contributed by atoms with Crippen molar-refractivity contribution in [2.24, 2.45) is 0 Å². The molecule has 0 heterocycles. The molecule has 22 heavy (non-hydrogen) atoms. The third-order valence-corrected chi connectivity index (χ3v) is 3.57. The van der Waals surface area contributed by atoms with E-state index in [2.05, 4.69) is 42.2 Å². The van der Waals surface area contributed by atoms with Crippen LogP contribution in [0.5, 0.6) is 5.75 Å². The van der Waals surface area contributed by atoms with Gasteiger partial charge in [0.1, 0.15) is 5.75 Å². The molecule has 0 aliphatic heterocycles. The van der Waals surface area contributed by atoms with E-state index in [0.717, 1.165) is 27.5 Å². The van der Waals surface area contributed by atoms with Gasteiger partial charge in [0.2, 0.25) is 0 Å². The molecule has 0 saturated heterocycles.